The molecular weight excluding hydrogens is 250 g/mol. The van der Waals surface area contributed by atoms with Crippen LogP contribution in [0.1, 0.15) is 24.2 Å². The maximum atomic E-state index is 12.3. The second-order valence-corrected chi connectivity index (χ2v) is 5.12. The van der Waals surface area contributed by atoms with Crippen molar-refractivity contribution in [2.24, 2.45) is 0 Å². The number of nitrogens with zero attached hydrogens (tertiary/aromatic N) is 3. The molecule has 4 nitrogen and oxygen atoms in total. The molecule has 0 atom stereocenters. The molecule has 1 aliphatic heterocycles. The summed E-state index contributed by atoms with van der Waals surface area (Å²) in [5.41, 5.74) is 0.497. The molecule has 0 aliphatic carbocycles. The quantitative estimate of drug-likeness (QED) is 0.768. The fraction of sp³-hybridized carbons (Fsp3) is 0.538. The lowest BCUT2D eigenvalue weighted by Crippen LogP contribution is -2.50. The van der Waals surface area contributed by atoms with Crippen LogP contribution in [0.2, 0.25) is 5.15 Å². The van der Waals surface area contributed by atoms with E-state index >= 15 is 0 Å². The maximum Gasteiger partial charge on any atom is 0.257 e. The van der Waals surface area contributed by atoms with Crippen molar-refractivity contribution in [1.29, 1.82) is 0 Å². The summed E-state index contributed by atoms with van der Waals surface area (Å²) in [6.45, 7) is 7.69. The highest BCUT2D eigenvalue weighted by Crippen LogP contribution is 2.16. The van der Waals surface area contributed by atoms with Crippen LogP contribution in [0.5, 0.6) is 0 Å². The van der Waals surface area contributed by atoms with E-state index in [2.05, 4.69) is 23.7 Å². The molecular formula is C13H18ClN3O. The first-order chi connectivity index (χ1) is 8.59. The monoisotopic (exact) mass is 267 g/mol. The third kappa shape index (κ3) is 2.82. The Labute approximate surface area is 113 Å². The highest BCUT2D eigenvalue weighted by atomic mass is 35.5. The lowest BCUT2D eigenvalue weighted by molar-refractivity contribution is 0.0595. The average Bonchev–Trinajstić information content (AvgIpc) is 2.38. The minimum absolute atomic E-state index is 0.0171. The van der Waals surface area contributed by atoms with Gasteiger partial charge in [-0.15, -0.1) is 0 Å². The summed E-state index contributed by atoms with van der Waals surface area (Å²) in [5, 5.41) is 0.286. The molecule has 2 rings (SSSR count). The van der Waals surface area contributed by atoms with E-state index in [0.29, 0.717) is 11.6 Å². The number of pyridine rings is 1. The number of halogens is 1. The van der Waals surface area contributed by atoms with E-state index in [0.717, 1.165) is 26.2 Å². The molecule has 1 amide bonds. The number of aromatic nitrogens is 1. The first-order valence-corrected chi connectivity index (χ1v) is 6.61. The molecule has 0 unspecified atom stereocenters. The van der Waals surface area contributed by atoms with Crippen molar-refractivity contribution in [2.45, 2.75) is 19.9 Å². The summed E-state index contributed by atoms with van der Waals surface area (Å²) in [5.74, 6) is -0.0171. The molecule has 1 aromatic rings. The molecule has 1 fully saturated rings. The van der Waals surface area contributed by atoms with Crippen LogP contribution < -0.4 is 0 Å². The SMILES string of the molecule is CC(C)N1CCN(C(=O)c2cccnc2Cl)CC1. The van der Waals surface area contributed by atoms with E-state index < -0.39 is 0 Å². The van der Waals surface area contributed by atoms with Crippen molar-refractivity contribution in [2.75, 3.05) is 26.2 Å². The number of carbonyl (C=O) groups is 1. The predicted octanol–water partition coefficient (Wildman–Crippen LogP) is 1.90. The number of piperazine rings is 1. The largest absolute Gasteiger partial charge is 0.336 e. The molecule has 5 heteroatoms. The van der Waals surface area contributed by atoms with Crippen molar-refractivity contribution < 1.29 is 4.79 Å². The van der Waals surface area contributed by atoms with Gasteiger partial charge in [0.25, 0.3) is 5.91 Å². The smallest absolute Gasteiger partial charge is 0.257 e. The second-order valence-electron chi connectivity index (χ2n) is 4.76. The normalized spacial score (nSPS) is 17.2. The lowest BCUT2D eigenvalue weighted by atomic mass is 10.2. The summed E-state index contributed by atoms with van der Waals surface area (Å²) in [4.78, 5) is 20.4. The molecule has 0 radical (unpaired) electrons. The summed E-state index contributed by atoms with van der Waals surface area (Å²) in [6, 6.07) is 4.00. The summed E-state index contributed by atoms with van der Waals surface area (Å²) < 4.78 is 0. The van der Waals surface area contributed by atoms with Gasteiger partial charge in [-0.1, -0.05) is 11.6 Å². The van der Waals surface area contributed by atoms with Crippen LogP contribution in [0.15, 0.2) is 18.3 Å². The Morgan fingerprint density at radius 3 is 2.56 bits per heavy atom. The molecule has 1 saturated heterocycles. The fourth-order valence-corrected chi connectivity index (χ4v) is 2.36. The summed E-state index contributed by atoms with van der Waals surface area (Å²) in [6.07, 6.45) is 1.59. The Morgan fingerprint density at radius 2 is 2.00 bits per heavy atom. The number of carbonyl (C=O) groups excluding carboxylic acids is 1. The molecule has 18 heavy (non-hydrogen) atoms. The highest BCUT2D eigenvalue weighted by Gasteiger charge is 2.24. The van der Waals surface area contributed by atoms with Crippen LogP contribution in [-0.2, 0) is 0 Å². The van der Waals surface area contributed by atoms with E-state index in [1.165, 1.54) is 0 Å². The number of amides is 1. The molecule has 0 saturated carbocycles. The van der Waals surface area contributed by atoms with Gasteiger partial charge < -0.3 is 4.90 Å². The van der Waals surface area contributed by atoms with Crippen molar-refractivity contribution in [3.8, 4) is 0 Å². The van der Waals surface area contributed by atoms with Gasteiger partial charge in [-0.25, -0.2) is 4.98 Å². The first kappa shape index (κ1) is 13.3. The van der Waals surface area contributed by atoms with Gasteiger partial charge in [0, 0.05) is 38.4 Å². The van der Waals surface area contributed by atoms with Crippen LogP contribution in [0, 0.1) is 0 Å². The number of rotatable bonds is 2. The maximum absolute atomic E-state index is 12.3. The first-order valence-electron chi connectivity index (χ1n) is 6.23. The molecule has 1 aromatic heterocycles. The Hall–Kier alpha value is -1.13. The zero-order valence-electron chi connectivity index (χ0n) is 10.8. The number of hydrogen-bond acceptors (Lipinski definition) is 3. The Kier molecular flexibility index (Phi) is 4.19. The molecule has 0 bridgehead atoms. The molecule has 0 N–H and O–H groups in total. The van der Waals surface area contributed by atoms with E-state index in [1.54, 1.807) is 18.3 Å². The van der Waals surface area contributed by atoms with E-state index in [9.17, 15) is 4.79 Å². The minimum atomic E-state index is -0.0171. The van der Waals surface area contributed by atoms with Crippen molar-refractivity contribution in [3.05, 3.63) is 29.0 Å². The van der Waals surface area contributed by atoms with E-state index in [1.807, 2.05) is 4.90 Å². The van der Waals surface area contributed by atoms with Crippen molar-refractivity contribution in [3.63, 3.8) is 0 Å². The van der Waals surface area contributed by atoms with Crippen LogP contribution in [0.4, 0.5) is 0 Å². The van der Waals surface area contributed by atoms with Crippen molar-refractivity contribution >= 4 is 17.5 Å². The van der Waals surface area contributed by atoms with Gasteiger partial charge in [0.15, 0.2) is 0 Å². The van der Waals surface area contributed by atoms with Crippen LogP contribution >= 0.6 is 11.6 Å². The molecule has 0 spiro atoms. The molecule has 98 valence electrons. The third-order valence-corrected chi connectivity index (χ3v) is 3.62. The predicted molar refractivity (Wildman–Crippen MR) is 71.9 cm³/mol. The van der Waals surface area contributed by atoms with Gasteiger partial charge in [-0.3, -0.25) is 9.69 Å². The minimum Gasteiger partial charge on any atom is -0.336 e. The molecule has 0 aromatic carbocycles. The van der Waals surface area contributed by atoms with Gasteiger partial charge >= 0.3 is 0 Å². The van der Waals surface area contributed by atoms with E-state index in [4.69, 9.17) is 11.6 Å². The van der Waals surface area contributed by atoms with Crippen LogP contribution in [0.3, 0.4) is 0 Å². The molecule has 1 aliphatic rings. The zero-order chi connectivity index (χ0) is 13.1. The van der Waals surface area contributed by atoms with Gasteiger partial charge in [0.1, 0.15) is 5.15 Å². The average molecular weight is 268 g/mol. The van der Waals surface area contributed by atoms with Crippen LogP contribution in [-0.4, -0.2) is 52.9 Å². The van der Waals surface area contributed by atoms with Gasteiger partial charge in [0.2, 0.25) is 0 Å². The third-order valence-electron chi connectivity index (χ3n) is 3.32. The Bertz CT molecular complexity index is 428. The Balaban J connectivity index is 2.02. The number of hydrogen-bond donors (Lipinski definition) is 0. The summed E-state index contributed by atoms with van der Waals surface area (Å²) >= 11 is 5.95. The van der Waals surface area contributed by atoms with Gasteiger partial charge in [-0.2, -0.15) is 0 Å². The standard InChI is InChI=1S/C13H18ClN3O/c1-10(2)16-6-8-17(9-7-16)13(18)11-4-3-5-15-12(11)14/h3-5,10H,6-9H2,1-2H3. The lowest BCUT2D eigenvalue weighted by Gasteiger charge is -2.37. The highest BCUT2D eigenvalue weighted by molar-refractivity contribution is 6.32. The fourth-order valence-electron chi connectivity index (χ4n) is 2.16. The van der Waals surface area contributed by atoms with Crippen LogP contribution in [0.25, 0.3) is 0 Å². The van der Waals surface area contributed by atoms with Crippen molar-refractivity contribution in [1.82, 2.24) is 14.8 Å². The topological polar surface area (TPSA) is 36.4 Å². The van der Waals surface area contributed by atoms with E-state index in [-0.39, 0.29) is 11.1 Å². The van der Waals surface area contributed by atoms with Gasteiger partial charge in [-0.05, 0) is 26.0 Å². The Morgan fingerprint density at radius 1 is 1.33 bits per heavy atom. The molecule has 2 heterocycles. The zero-order valence-corrected chi connectivity index (χ0v) is 11.5. The summed E-state index contributed by atoms with van der Waals surface area (Å²) in [7, 11) is 0. The second kappa shape index (κ2) is 5.67. The van der Waals surface area contributed by atoms with Gasteiger partial charge in [0.05, 0.1) is 5.56 Å².